The monoisotopic (exact) mass is 401 g/mol. The Kier molecular flexibility index (Phi) is 6.00. The third-order valence-corrected chi connectivity index (χ3v) is 5.37. The van der Waals surface area contributed by atoms with Gasteiger partial charge in [-0.05, 0) is 49.2 Å². The molecule has 0 radical (unpaired) electrons. The first kappa shape index (κ1) is 20.0. The zero-order valence-corrected chi connectivity index (χ0v) is 17.3. The van der Waals surface area contributed by atoms with Crippen molar-refractivity contribution in [2.45, 2.75) is 25.9 Å². The van der Waals surface area contributed by atoms with Crippen LogP contribution in [0.4, 0.5) is 10.5 Å². The van der Waals surface area contributed by atoms with Crippen LogP contribution >= 0.6 is 0 Å². The van der Waals surface area contributed by atoms with Crippen molar-refractivity contribution >= 4 is 11.7 Å². The minimum absolute atomic E-state index is 0.0894. The number of rotatable bonds is 6. The average Bonchev–Trinajstić information content (AvgIpc) is 2.71. The number of carbonyl (C=O) groups excluding carboxylic acids is 1. The molecule has 1 aliphatic rings. The Bertz CT molecular complexity index is 1000. The van der Waals surface area contributed by atoms with Gasteiger partial charge in [-0.2, -0.15) is 0 Å². The third-order valence-electron chi connectivity index (χ3n) is 5.37. The lowest BCUT2D eigenvalue weighted by Crippen LogP contribution is -2.61. The van der Waals surface area contributed by atoms with E-state index in [9.17, 15) is 4.79 Å². The van der Waals surface area contributed by atoms with Crippen LogP contribution in [0.15, 0.2) is 78.9 Å². The lowest BCUT2D eigenvalue weighted by Gasteiger charge is -2.41. The van der Waals surface area contributed by atoms with Gasteiger partial charge in [0.1, 0.15) is 11.5 Å². The molecule has 0 aliphatic carbocycles. The molecule has 4 rings (SSSR count). The number of anilines is 1. The van der Waals surface area contributed by atoms with Gasteiger partial charge >= 0.3 is 6.03 Å². The summed E-state index contributed by atoms with van der Waals surface area (Å²) in [6.07, 6.45) is 0. The molecule has 1 saturated heterocycles. The third kappa shape index (κ3) is 4.81. The molecule has 154 valence electrons. The van der Waals surface area contributed by atoms with E-state index in [1.165, 1.54) is 11.1 Å². The van der Waals surface area contributed by atoms with E-state index >= 15 is 0 Å². The molecule has 1 aliphatic heterocycles. The molecule has 0 saturated carbocycles. The summed E-state index contributed by atoms with van der Waals surface area (Å²) in [5.41, 5.74) is 3.30. The van der Waals surface area contributed by atoms with Gasteiger partial charge in [0.25, 0.3) is 0 Å². The van der Waals surface area contributed by atoms with Crippen molar-refractivity contribution in [3.8, 4) is 11.5 Å². The van der Waals surface area contributed by atoms with Gasteiger partial charge in [-0.15, -0.1) is 0 Å². The van der Waals surface area contributed by atoms with Gasteiger partial charge in [-0.1, -0.05) is 48.5 Å². The highest BCUT2D eigenvalue weighted by atomic mass is 16.5. The van der Waals surface area contributed by atoms with E-state index in [0.29, 0.717) is 24.9 Å². The normalized spacial score (nSPS) is 14.7. The van der Waals surface area contributed by atoms with Crippen molar-refractivity contribution in [1.29, 1.82) is 0 Å². The molecule has 2 N–H and O–H groups in total. The zero-order valence-electron chi connectivity index (χ0n) is 17.3. The molecule has 0 aromatic heterocycles. The molecule has 1 atom stereocenters. The van der Waals surface area contributed by atoms with Crippen molar-refractivity contribution in [2.24, 2.45) is 0 Å². The van der Waals surface area contributed by atoms with E-state index in [-0.39, 0.29) is 12.1 Å². The van der Waals surface area contributed by atoms with Gasteiger partial charge in [0.05, 0.1) is 0 Å². The van der Waals surface area contributed by atoms with Crippen LogP contribution in [0.1, 0.15) is 24.1 Å². The summed E-state index contributed by atoms with van der Waals surface area (Å²) < 4.78 is 5.84. The van der Waals surface area contributed by atoms with Gasteiger partial charge in [-0.3, -0.25) is 0 Å². The maximum Gasteiger partial charge on any atom is 0.321 e. The summed E-state index contributed by atoms with van der Waals surface area (Å²) in [7, 11) is 0. The molecule has 0 bridgehead atoms. The van der Waals surface area contributed by atoms with E-state index in [1.54, 1.807) is 0 Å². The predicted molar refractivity (Wildman–Crippen MR) is 120 cm³/mol. The number of urea groups is 1. The maximum atomic E-state index is 12.6. The standard InChI is InChI=1S/C25H27N3O2/c1-18-9-6-7-14-24(18)19(2)26-21-16-28(17-21)25(29)27-20-10-8-13-23(15-20)30-22-11-4-3-5-12-22/h3-15,19,21,26H,16-17H2,1-2H3,(H,27,29). The number of ether oxygens (including phenoxy) is 1. The Balaban J connectivity index is 1.28. The smallest absolute Gasteiger partial charge is 0.321 e. The van der Waals surface area contributed by atoms with E-state index < -0.39 is 0 Å². The fraction of sp³-hybridized carbons (Fsp3) is 0.240. The average molecular weight is 402 g/mol. The molecule has 5 heteroatoms. The fourth-order valence-electron chi connectivity index (χ4n) is 3.73. The molecule has 3 aromatic carbocycles. The second-order valence-corrected chi connectivity index (χ2v) is 7.72. The van der Waals surface area contributed by atoms with E-state index in [2.05, 4.69) is 48.7 Å². The number of para-hydroxylation sites is 1. The minimum Gasteiger partial charge on any atom is -0.457 e. The Hall–Kier alpha value is -3.31. The lowest BCUT2D eigenvalue weighted by molar-refractivity contribution is 0.143. The molecule has 1 fully saturated rings. The Morgan fingerprint density at radius 1 is 0.967 bits per heavy atom. The number of hydrogen-bond acceptors (Lipinski definition) is 3. The summed E-state index contributed by atoms with van der Waals surface area (Å²) in [5.74, 6) is 1.45. The summed E-state index contributed by atoms with van der Waals surface area (Å²) in [5, 5.41) is 6.58. The number of hydrogen-bond donors (Lipinski definition) is 2. The van der Waals surface area contributed by atoms with Crippen LogP contribution in [0.3, 0.4) is 0 Å². The molecular weight excluding hydrogens is 374 g/mol. The SMILES string of the molecule is Cc1ccccc1C(C)NC1CN(C(=O)Nc2cccc(Oc3ccccc3)c2)C1. The molecule has 30 heavy (non-hydrogen) atoms. The molecule has 2 amide bonds. The first-order valence-corrected chi connectivity index (χ1v) is 10.3. The van der Waals surface area contributed by atoms with Crippen molar-refractivity contribution < 1.29 is 9.53 Å². The van der Waals surface area contributed by atoms with Gasteiger partial charge < -0.3 is 20.3 Å². The summed E-state index contributed by atoms with van der Waals surface area (Å²) in [4.78, 5) is 14.4. The second kappa shape index (κ2) is 9.01. The van der Waals surface area contributed by atoms with E-state index in [0.717, 1.165) is 11.4 Å². The Morgan fingerprint density at radius 3 is 2.43 bits per heavy atom. The predicted octanol–water partition coefficient (Wildman–Crippen LogP) is 5.35. The van der Waals surface area contributed by atoms with Crippen LogP contribution in [0.5, 0.6) is 11.5 Å². The fourth-order valence-corrected chi connectivity index (χ4v) is 3.73. The second-order valence-electron chi connectivity index (χ2n) is 7.72. The molecule has 0 spiro atoms. The van der Waals surface area contributed by atoms with Gasteiger partial charge in [0, 0.05) is 36.9 Å². The molecule has 1 unspecified atom stereocenters. The number of amides is 2. The van der Waals surface area contributed by atoms with Gasteiger partial charge in [0.15, 0.2) is 0 Å². The minimum atomic E-state index is -0.0894. The summed E-state index contributed by atoms with van der Waals surface area (Å²) in [6.45, 7) is 5.69. The van der Waals surface area contributed by atoms with Crippen molar-refractivity contribution in [3.05, 3.63) is 90.0 Å². The van der Waals surface area contributed by atoms with E-state index in [1.807, 2.05) is 59.5 Å². The van der Waals surface area contributed by atoms with Gasteiger partial charge in [0.2, 0.25) is 0 Å². The Morgan fingerprint density at radius 2 is 1.67 bits per heavy atom. The first-order chi connectivity index (χ1) is 14.6. The summed E-state index contributed by atoms with van der Waals surface area (Å²) >= 11 is 0. The van der Waals surface area contributed by atoms with Gasteiger partial charge in [-0.25, -0.2) is 4.79 Å². The maximum absolute atomic E-state index is 12.6. The van der Waals surface area contributed by atoms with Crippen molar-refractivity contribution in [2.75, 3.05) is 18.4 Å². The van der Waals surface area contributed by atoms with Crippen LogP contribution in [-0.4, -0.2) is 30.1 Å². The van der Waals surface area contributed by atoms with Crippen LogP contribution < -0.4 is 15.4 Å². The number of carbonyl (C=O) groups is 1. The van der Waals surface area contributed by atoms with Crippen LogP contribution in [0.2, 0.25) is 0 Å². The van der Waals surface area contributed by atoms with Crippen LogP contribution in [-0.2, 0) is 0 Å². The highest BCUT2D eigenvalue weighted by molar-refractivity contribution is 5.90. The van der Waals surface area contributed by atoms with E-state index in [4.69, 9.17) is 4.74 Å². The Labute approximate surface area is 177 Å². The molecule has 5 nitrogen and oxygen atoms in total. The quantitative estimate of drug-likeness (QED) is 0.585. The van der Waals surface area contributed by atoms with Crippen LogP contribution in [0, 0.1) is 6.92 Å². The highest BCUT2D eigenvalue weighted by Crippen LogP contribution is 2.25. The zero-order chi connectivity index (χ0) is 20.9. The lowest BCUT2D eigenvalue weighted by atomic mass is 10.0. The van der Waals surface area contributed by atoms with Crippen molar-refractivity contribution in [1.82, 2.24) is 10.2 Å². The summed E-state index contributed by atoms with van der Waals surface area (Å²) in [6, 6.07) is 25.9. The van der Waals surface area contributed by atoms with Crippen molar-refractivity contribution in [3.63, 3.8) is 0 Å². The topological polar surface area (TPSA) is 53.6 Å². The largest absolute Gasteiger partial charge is 0.457 e. The first-order valence-electron chi connectivity index (χ1n) is 10.3. The number of likely N-dealkylation sites (tertiary alicyclic amines) is 1. The highest BCUT2D eigenvalue weighted by Gasteiger charge is 2.31. The number of benzene rings is 3. The number of nitrogens with one attached hydrogen (secondary N) is 2. The molecule has 1 heterocycles. The number of nitrogens with zero attached hydrogens (tertiary/aromatic N) is 1. The number of aryl methyl sites for hydroxylation is 1. The molecule has 3 aromatic rings. The molecular formula is C25H27N3O2. The van der Waals surface area contributed by atoms with Crippen LogP contribution in [0.25, 0.3) is 0 Å².